The Labute approximate surface area is 200 Å². The Hall–Kier alpha value is -0.740. The summed E-state index contributed by atoms with van der Waals surface area (Å²) in [6, 6.07) is 5.52. The molecule has 3 rings (SSSR count). The average molecular weight is 483 g/mol. The van der Waals surface area contributed by atoms with E-state index in [0.29, 0.717) is 29.2 Å². The summed E-state index contributed by atoms with van der Waals surface area (Å²) in [5.74, 6) is 0.417. The van der Waals surface area contributed by atoms with E-state index in [-0.39, 0.29) is 24.0 Å². The van der Waals surface area contributed by atoms with Crippen LogP contribution in [0.5, 0.6) is 0 Å². The monoisotopic (exact) mass is 482 g/mol. The third-order valence-electron chi connectivity index (χ3n) is 7.95. The van der Waals surface area contributed by atoms with Crippen molar-refractivity contribution in [3.8, 4) is 0 Å². The maximum absolute atomic E-state index is 14.5. The molecule has 0 aliphatic heterocycles. The number of rotatable bonds is 8. The van der Waals surface area contributed by atoms with Crippen molar-refractivity contribution < 1.29 is 23.1 Å². The van der Waals surface area contributed by atoms with Gasteiger partial charge in [0, 0.05) is 0 Å². The number of aliphatic hydroxyl groups excluding tert-OH is 1. The summed E-state index contributed by atoms with van der Waals surface area (Å²) in [5.41, 5.74) is 0.370. The van der Waals surface area contributed by atoms with E-state index < -0.39 is 19.3 Å². The fourth-order valence-electron chi connectivity index (χ4n) is 5.81. The van der Waals surface area contributed by atoms with Crippen molar-refractivity contribution in [3.63, 3.8) is 0 Å². The van der Waals surface area contributed by atoms with Crippen LogP contribution in [0.2, 0.25) is 0 Å². The summed E-state index contributed by atoms with van der Waals surface area (Å²) in [7, 11) is -3.96. The minimum absolute atomic E-state index is 0.229. The number of hydrogen-bond donors (Lipinski definition) is 1. The van der Waals surface area contributed by atoms with E-state index in [0.717, 1.165) is 38.5 Å². The smallest absolute Gasteiger partial charge is 0.363 e. The molecule has 0 bridgehead atoms. The van der Waals surface area contributed by atoms with Crippen LogP contribution in [-0.4, -0.2) is 17.3 Å². The molecule has 2 aliphatic rings. The highest BCUT2D eigenvalue weighted by molar-refractivity contribution is 7.54. The number of aliphatic hydroxyl groups is 1. The first-order valence-corrected chi connectivity index (χ1v) is 14.5. The van der Waals surface area contributed by atoms with Crippen LogP contribution in [0.15, 0.2) is 24.3 Å². The van der Waals surface area contributed by atoms with Gasteiger partial charge in [0.2, 0.25) is 0 Å². The van der Waals surface area contributed by atoms with Gasteiger partial charge in [-0.15, -0.1) is 0 Å². The second-order valence-electron chi connectivity index (χ2n) is 11.4. The molecule has 33 heavy (non-hydrogen) atoms. The summed E-state index contributed by atoms with van der Waals surface area (Å²) >= 11 is 0. The first-order valence-electron chi connectivity index (χ1n) is 12.9. The zero-order valence-electron chi connectivity index (χ0n) is 21.2. The van der Waals surface area contributed by atoms with Crippen molar-refractivity contribution in [3.05, 3.63) is 35.6 Å². The number of benzene rings is 1. The molecular weight excluding hydrogens is 438 g/mol. The van der Waals surface area contributed by atoms with Crippen LogP contribution < -0.4 is 0 Å². The molecule has 0 aromatic heterocycles. The van der Waals surface area contributed by atoms with Crippen LogP contribution in [0.4, 0.5) is 4.39 Å². The predicted molar refractivity (Wildman–Crippen MR) is 131 cm³/mol. The lowest BCUT2D eigenvalue weighted by Crippen LogP contribution is -2.37. The molecule has 1 aromatic rings. The van der Waals surface area contributed by atoms with Gasteiger partial charge in [0.1, 0.15) is 5.82 Å². The molecule has 2 aliphatic carbocycles. The minimum Gasteiger partial charge on any atom is -0.376 e. The lowest BCUT2D eigenvalue weighted by molar-refractivity contribution is -0.0154. The van der Waals surface area contributed by atoms with Crippen LogP contribution in [-0.2, 0) is 13.6 Å². The molecular formula is C27H44FO4P. The highest BCUT2D eigenvalue weighted by atomic mass is 31.2. The summed E-state index contributed by atoms with van der Waals surface area (Å²) in [6.45, 7) is 13.1. The lowest BCUT2D eigenvalue weighted by atomic mass is 9.75. The highest BCUT2D eigenvalue weighted by Gasteiger charge is 2.46. The lowest BCUT2D eigenvalue weighted by Gasteiger charge is -2.42. The highest BCUT2D eigenvalue weighted by Crippen LogP contribution is 2.64. The fraction of sp³-hybridized carbons (Fsp3) is 0.778. The maximum Gasteiger partial charge on any atom is 0.363 e. The first-order chi connectivity index (χ1) is 15.5. The van der Waals surface area contributed by atoms with Gasteiger partial charge in [-0.1, -0.05) is 66.5 Å². The molecule has 1 aromatic carbocycles. The van der Waals surface area contributed by atoms with E-state index in [1.807, 2.05) is 0 Å². The molecule has 0 saturated heterocycles. The van der Waals surface area contributed by atoms with Gasteiger partial charge in [-0.05, 0) is 78.9 Å². The van der Waals surface area contributed by atoms with Crippen LogP contribution in [0.1, 0.15) is 91.5 Å². The van der Waals surface area contributed by atoms with Gasteiger partial charge in [-0.25, -0.2) is 4.39 Å². The molecule has 2 saturated carbocycles. The Morgan fingerprint density at radius 2 is 1.27 bits per heavy atom. The molecule has 6 heteroatoms. The van der Waals surface area contributed by atoms with Gasteiger partial charge in [0.05, 0.1) is 12.2 Å². The van der Waals surface area contributed by atoms with E-state index in [2.05, 4.69) is 41.5 Å². The van der Waals surface area contributed by atoms with Crippen molar-refractivity contribution in [1.82, 2.24) is 0 Å². The van der Waals surface area contributed by atoms with Gasteiger partial charge < -0.3 is 14.2 Å². The largest absolute Gasteiger partial charge is 0.376 e. The Kier molecular flexibility index (Phi) is 9.22. The van der Waals surface area contributed by atoms with Gasteiger partial charge in [0.15, 0.2) is 5.85 Å². The fourth-order valence-corrected chi connectivity index (χ4v) is 7.86. The third-order valence-corrected chi connectivity index (χ3v) is 9.98. The summed E-state index contributed by atoms with van der Waals surface area (Å²) in [6.07, 6.45) is 5.45. The minimum atomic E-state index is -3.96. The molecule has 1 unspecified atom stereocenters. The Bertz CT molecular complexity index is 758. The van der Waals surface area contributed by atoms with Gasteiger partial charge in [-0.2, -0.15) is 0 Å². The van der Waals surface area contributed by atoms with Gasteiger partial charge >= 0.3 is 7.60 Å². The second kappa shape index (κ2) is 11.3. The van der Waals surface area contributed by atoms with Crippen LogP contribution >= 0.6 is 7.60 Å². The summed E-state index contributed by atoms with van der Waals surface area (Å²) < 4.78 is 40.9. The third kappa shape index (κ3) is 6.69. The van der Waals surface area contributed by atoms with Crippen LogP contribution in [0.3, 0.4) is 0 Å². The predicted octanol–water partition coefficient (Wildman–Crippen LogP) is 7.96. The molecule has 1 N–H and O–H groups in total. The van der Waals surface area contributed by atoms with E-state index in [9.17, 15) is 14.1 Å². The summed E-state index contributed by atoms with van der Waals surface area (Å²) in [4.78, 5) is 0. The Morgan fingerprint density at radius 1 is 0.848 bits per heavy atom. The van der Waals surface area contributed by atoms with E-state index >= 15 is 0 Å². The number of halogens is 1. The van der Waals surface area contributed by atoms with Crippen molar-refractivity contribution in [2.45, 2.75) is 98.1 Å². The summed E-state index contributed by atoms with van der Waals surface area (Å²) in [5, 5.41) is 11.3. The Morgan fingerprint density at radius 3 is 1.67 bits per heavy atom. The molecule has 2 fully saturated rings. The standard InChI is InChI=1S/C27H44FO4P/c1-17(2)23-13-7-19(5)15-25(23)31-33(30,27(29)21-9-11-22(28)12-10-21)32-26-16-20(6)8-14-24(26)18(3)4/h9-12,17-20,23-27,29H,7-8,13-16H2,1-6H3/t19-,20-,23+,24+,25-,26+,27+,33?/m0/s1. The molecule has 8 atom stereocenters. The average Bonchev–Trinajstić information content (AvgIpc) is 2.73. The second-order valence-corrected chi connectivity index (χ2v) is 13.4. The Balaban J connectivity index is 1.94. The quantitative estimate of drug-likeness (QED) is 0.382. The van der Waals surface area contributed by atoms with E-state index in [1.165, 1.54) is 24.3 Å². The van der Waals surface area contributed by atoms with Gasteiger partial charge in [-0.3, -0.25) is 4.57 Å². The molecule has 0 spiro atoms. The number of hydrogen-bond acceptors (Lipinski definition) is 4. The topological polar surface area (TPSA) is 55.8 Å². The zero-order chi connectivity index (χ0) is 24.3. The van der Waals surface area contributed by atoms with Crippen molar-refractivity contribution in [2.24, 2.45) is 35.5 Å². The molecule has 188 valence electrons. The molecule has 0 radical (unpaired) electrons. The normalized spacial score (nSPS) is 33.8. The van der Waals surface area contributed by atoms with Crippen molar-refractivity contribution in [2.75, 3.05) is 0 Å². The van der Waals surface area contributed by atoms with Crippen molar-refractivity contribution in [1.29, 1.82) is 0 Å². The molecule has 0 heterocycles. The van der Waals surface area contributed by atoms with Gasteiger partial charge in [0.25, 0.3) is 0 Å². The maximum atomic E-state index is 14.5. The van der Waals surface area contributed by atoms with E-state index in [4.69, 9.17) is 9.05 Å². The van der Waals surface area contributed by atoms with Crippen LogP contribution in [0, 0.1) is 41.3 Å². The van der Waals surface area contributed by atoms with E-state index in [1.54, 1.807) is 0 Å². The molecule has 4 nitrogen and oxygen atoms in total. The SMILES string of the molecule is CC(C)[C@H]1CC[C@H](C)C[C@@H]1OP(=O)(O[C@@H]1C[C@@H](C)CC[C@@H]1C(C)C)[C@@H](O)c1ccc(F)cc1. The zero-order valence-corrected chi connectivity index (χ0v) is 22.1. The first kappa shape index (κ1) is 26.9. The molecule has 0 amide bonds. The van der Waals surface area contributed by atoms with Crippen molar-refractivity contribution >= 4 is 7.60 Å². The van der Waals surface area contributed by atoms with Crippen LogP contribution in [0.25, 0.3) is 0 Å².